The molecule has 0 saturated carbocycles. The summed E-state index contributed by atoms with van der Waals surface area (Å²) in [7, 11) is 0. The average Bonchev–Trinajstić information content (AvgIpc) is 2.92. The van der Waals surface area contributed by atoms with Gasteiger partial charge in [0.15, 0.2) is 0 Å². The molecule has 38 heavy (non-hydrogen) atoms. The molecule has 2 amide bonds. The molecule has 0 saturated heterocycles. The minimum absolute atomic E-state index is 0.0115. The van der Waals surface area contributed by atoms with Crippen LogP contribution in [0.4, 0.5) is 0 Å². The largest absolute Gasteiger partial charge is 0.463 e. The number of benzene rings is 2. The van der Waals surface area contributed by atoms with Crippen LogP contribution in [0.15, 0.2) is 72.8 Å². The van der Waals surface area contributed by atoms with Crippen molar-refractivity contribution in [2.75, 3.05) is 19.0 Å². The third-order valence-corrected chi connectivity index (χ3v) is 7.53. The number of aliphatic hydroxyl groups excluding tert-OH is 1. The first kappa shape index (κ1) is 29.5. The van der Waals surface area contributed by atoms with Gasteiger partial charge < -0.3 is 20.5 Å². The van der Waals surface area contributed by atoms with Crippen LogP contribution in [0.3, 0.4) is 0 Å². The highest BCUT2D eigenvalue weighted by Crippen LogP contribution is 2.20. The lowest BCUT2D eigenvalue weighted by molar-refractivity contribution is -0.149. The number of thioether (sulfide) groups is 1. The van der Waals surface area contributed by atoms with Crippen molar-refractivity contribution < 1.29 is 24.2 Å². The second-order valence-electron chi connectivity index (χ2n) is 9.72. The van der Waals surface area contributed by atoms with E-state index in [-0.39, 0.29) is 55.4 Å². The molecular weight excluding hydrogens is 500 g/mol. The Morgan fingerprint density at radius 2 is 1.66 bits per heavy atom. The van der Waals surface area contributed by atoms with Gasteiger partial charge >= 0.3 is 5.97 Å². The normalized spacial score (nSPS) is 21.4. The van der Waals surface area contributed by atoms with Crippen LogP contribution in [0.5, 0.6) is 0 Å². The quantitative estimate of drug-likeness (QED) is 0.315. The maximum Gasteiger partial charge on any atom is 0.309 e. The smallest absolute Gasteiger partial charge is 0.309 e. The molecule has 0 radical (unpaired) electrons. The summed E-state index contributed by atoms with van der Waals surface area (Å²) in [5.74, 6) is -0.381. The van der Waals surface area contributed by atoms with Crippen molar-refractivity contribution in [2.45, 2.75) is 50.4 Å². The van der Waals surface area contributed by atoms with Gasteiger partial charge in [-0.25, -0.2) is 0 Å². The number of esters is 1. The average molecular weight is 539 g/mol. The Bertz CT molecular complexity index is 1050. The lowest BCUT2D eigenvalue weighted by Gasteiger charge is -2.24. The van der Waals surface area contributed by atoms with E-state index in [9.17, 15) is 19.5 Å². The van der Waals surface area contributed by atoms with Crippen LogP contribution in [-0.4, -0.2) is 53.9 Å². The van der Waals surface area contributed by atoms with E-state index in [0.717, 1.165) is 11.3 Å². The van der Waals surface area contributed by atoms with Crippen LogP contribution in [0.25, 0.3) is 0 Å². The molecule has 1 heterocycles. The molecule has 1 aliphatic heterocycles. The van der Waals surface area contributed by atoms with E-state index in [1.807, 2.05) is 60.7 Å². The zero-order valence-corrected chi connectivity index (χ0v) is 22.7. The van der Waals surface area contributed by atoms with Gasteiger partial charge in [-0.3, -0.25) is 14.4 Å². The third-order valence-electron chi connectivity index (χ3n) is 6.35. The SMILES string of the molecule is C[C@H](CO)NC(=O)C[C@H]1CC=CC[C@@H](Cc2ccccc2)C(=O)OC[C@H](CSCc2ccccc2)NC1=O. The summed E-state index contributed by atoms with van der Waals surface area (Å²) >= 11 is 1.66. The van der Waals surface area contributed by atoms with E-state index in [1.165, 1.54) is 5.56 Å². The Labute approximate surface area is 229 Å². The number of carbonyl (C=O) groups is 3. The van der Waals surface area contributed by atoms with Crippen molar-refractivity contribution in [1.29, 1.82) is 0 Å². The Kier molecular flexibility index (Phi) is 12.4. The molecule has 0 aliphatic carbocycles. The van der Waals surface area contributed by atoms with Crippen molar-refractivity contribution in [3.05, 3.63) is 83.9 Å². The van der Waals surface area contributed by atoms with Crippen molar-refractivity contribution >= 4 is 29.5 Å². The first-order valence-corrected chi connectivity index (χ1v) is 14.3. The van der Waals surface area contributed by atoms with E-state index < -0.39 is 5.92 Å². The topological polar surface area (TPSA) is 105 Å². The minimum atomic E-state index is -0.568. The van der Waals surface area contributed by atoms with Crippen molar-refractivity contribution in [3.63, 3.8) is 0 Å². The number of ether oxygens (including phenoxy) is 1. The van der Waals surface area contributed by atoms with Gasteiger partial charge in [-0.1, -0.05) is 72.8 Å². The number of carbonyl (C=O) groups excluding carboxylic acids is 3. The molecule has 3 rings (SSSR count). The van der Waals surface area contributed by atoms with Crippen molar-refractivity contribution in [2.24, 2.45) is 11.8 Å². The number of cyclic esters (lactones) is 1. The maximum atomic E-state index is 13.2. The van der Waals surface area contributed by atoms with Crippen LogP contribution in [0.2, 0.25) is 0 Å². The van der Waals surface area contributed by atoms with Crippen LogP contribution >= 0.6 is 11.8 Å². The highest BCUT2D eigenvalue weighted by Gasteiger charge is 2.27. The summed E-state index contributed by atoms with van der Waals surface area (Å²) in [6.07, 6.45) is 5.22. The molecule has 0 bridgehead atoms. The molecular formula is C30H38N2O5S. The number of nitrogens with one attached hydrogen (secondary N) is 2. The summed E-state index contributed by atoms with van der Waals surface area (Å²) < 4.78 is 5.74. The van der Waals surface area contributed by atoms with Gasteiger partial charge in [0.2, 0.25) is 11.8 Å². The zero-order valence-electron chi connectivity index (χ0n) is 21.9. The van der Waals surface area contributed by atoms with Crippen LogP contribution in [0.1, 0.15) is 37.3 Å². The van der Waals surface area contributed by atoms with Gasteiger partial charge in [0, 0.05) is 24.0 Å². The molecule has 204 valence electrons. The monoisotopic (exact) mass is 538 g/mol. The second kappa shape index (κ2) is 16.0. The summed E-state index contributed by atoms with van der Waals surface area (Å²) in [4.78, 5) is 38.8. The number of amides is 2. The van der Waals surface area contributed by atoms with Gasteiger partial charge in [-0.15, -0.1) is 0 Å². The fourth-order valence-corrected chi connectivity index (χ4v) is 5.22. The molecule has 7 nitrogen and oxygen atoms in total. The van der Waals surface area contributed by atoms with Gasteiger partial charge in [-0.2, -0.15) is 11.8 Å². The fourth-order valence-electron chi connectivity index (χ4n) is 4.21. The number of allylic oxidation sites excluding steroid dienone is 2. The molecule has 3 N–H and O–H groups in total. The Balaban J connectivity index is 1.72. The Morgan fingerprint density at radius 3 is 2.32 bits per heavy atom. The van der Waals surface area contributed by atoms with E-state index in [1.54, 1.807) is 18.7 Å². The Morgan fingerprint density at radius 1 is 1.03 bits per heavy atom. The number of hydrogen-bond donors (Lipinski definition) is 3. The van der Waals surface area contributed by atoms with E-state index in [4.69, 9.17) is 4.74 Å². The first-order valence-electron chi connectivity index (χ1n) is 13.1. The third kappa shape index (κ3) is 10.3. The summed E-state index contributed by atoms with van der Waals surface area (Å²) in [5.41, 5.74) is 2.24. The van der Waals surface area contributed by atoms with E-state index in [0.29, 0.717) is 25.0 Å². The molecule has 0 fully saturated rings. The lowest BCUT2D eigenvalue weighted by Crippen LogP contribution is -2.45. The molecule has 2 aromatic carbocycles. The summed E-state index contributed by atoms with van der Waals surface area (Å²) in [6, 6.07) is 19.1. The predicted octanol–water partition coefficient (Wildman–Crippen LogP) is 3.66. The molecule has 2 aromatic rings. The first-order chi connectivity index (χ1) is 18.4. The van der Waals surface area contributed by atoms with Gasteiger partial charge in [0.25, 0.3) is 0 Å². The molecule has 0 unspecified atom stereocenters. The van der Waals surface area contributed by atoms with Gasteiger partial charge in [0.1, 0.15) is 6.61 Å². The molecule has 1 aliphatic rings. The number of hydrogen-bond acceptors (Lipinski definition) is 6. The van der Waals surface area contributed by atoms with Crippen molar-refractivity contribution in [3.8, 4) is 0 Å². The number of aliphatic hydroxyl groups is 1. The molecule has 0 aromatic heterocycles. The van der Waals surface area contributed by atoms with Crippen LogP contribution < -0.4 is 10.6 Å². The van der Waals surface area contributed by atoms with Gasteiger partial charge in [-0.05, 0) is 37.3 Å². The fraction of sp³-hybridized carbons (Fsp3) is 0.433. The maximum absolute atomic E-state index is 13.2. The van der Waals surface area contributed by atoms with E-state index >= 15 is 0 Å². The lowest BCUT2D eigenvalue weighted by atomic mass is 9.94. The highest BCUT2D eigenvalue weighted by molar-refractivity contribution is 7.98. The van der Waals surface area contributed by atoms with Gasteiger partial charge in [0.05, 0.1) is 24.5 Å². The number of rotatable bonds is 10. The zero-order chi connectivity index (χ0) is 27.2. The molecule has 8 heteroatoms. The summed E-state index contributed by atoms with van der Waals surface area (Å²) in [5, 5.41) is 15.0. The predicted molar refractivity (Wildman–Crippen MR) is 150 cm³/mol. The molecule has 0 spiro atoms. The van der Waals surface area contributed by atoms with Crippen LogP contribution in [-0.2, 0) is 31.3 Å². The van der Waals surface area contributed by atoms with E-state index in [2.05, 4.69) is 22.8 Å². The van der Waals surface area contributed by atoms with Crippen molar-refractivity contribution in [1.82, 2.24) is 10.6 Å². The standard InChI is InChI=1S/C30H38N2O5S/c1-22(18-33)31-28(34)17-25-14-8-9-15-26(16-23-10-4-2-5-11-23)30(36)37-19-27(32-29(25)35)21-38-20-24-12-6-3-7-13-24/h2-13,22,25-27,33H,14-21H2,1H3,(H,31,34)(H,32,35)/t22-,25-,26+,27-/m1/s1. The summed E-state index contributed by atoms with van der Waals surface area (Å²) in [6.45, 7) is 1.61. The second-order valence-corrected chi connectivity index (χ2v) is 10.7. The Hall–Kier alpha value is -3.10. The minimum Gasteiger partial charge on any atom is -0.463 e. The molecule has 4 atom stereocenters. The highest BCUT2D eigenvalue weighted by atomic mass is 32.2. The van der Waals surface area contributed by atoms with Crippen LogP contribution in [0, 0.1) is 11.8 Å².